The van der Waals surface area contributed by atoms with E-state index in [-0.39, 0.29) is 36.5 Å². The molecule has 2 saturated carbocycles. The molecule has 3 heterocycles. The van der Waals surface area contributed by atoms with Gasteiger partial charge in [-0.1, -0.05) is 5.21 Å². The lowest BCUT2D eigenvalue weighted by molar-refractivity contribution is -0.147. The highest BCUT2D eigenvalue weighted by atomic mass is 19.1. The summed E-state index contributed by atoms with van der Waals surface area (Å²) in [6, 6.07) is 3.75. The molecule has 0 radical (unpaired) electrons. The summed E-state index contributed by atoms with van der Waals surface area (Å²) in [4.78, 5) is 21.1. The van der Waals surface area contributed by atoms with Crippen molar-refractivity contribution in [3.8, 4) is 17.1 Å². The molecule has 1 N–H and O–H groups in total. The van der Waals surface area contributed by atoms with Crippen molar-refractivity contribution in [2.75, 3.05) is 19.1 Å². The second kappa shape index (κ2) is 10.8. The van der Waals surface area contributed by atoms with Crippen molar-refractivity contribution in [3.63, 3.8) is 0 Å². The minimum Gasteiger partial charge on any atom is -0.489 e. The zero-order chi connectivity index (χ0) is 25.9. The predicted molar refractivity (Wildman–Crippen MR) is 130 cm³/mol. The number of esters is 1. The van der Waals surface area contributed by atoms with Crippen LogP contribution in [0.2, 0.25) is 0 Å². The summed E-state index contributed by atoms with van der Waals surface area (Å²) in [5.41, 5.74) is 2.85. The summed E-state index contributed by atoms with van der Waals surface area (Å²) in [5, 5.41) is 15.7. The van der Waals surface area contributed by atoms with Gasteiger partial charge in [0.25, 0.3) is 5.95 Å². The van der Waals surface area contributed by atoms with Gasteiger partial charge in [-0.2, -0.15) is 4.98 Å². The molecule has 0 unspecified atom stereocenters. The Kier molecular flexibility index (Phi) is 7.33. The number of carbonyl (C=O) groups excluding carboxylic acids is 1. The van der Waals surface area contributed by atoms with E-state index in [4.69, 9.17) is 19.0 Å². The van der Waals surface area contributed by atoms with E-state index in [0.717, 1.165) is 43.5 Å². The first-order valence-electron chi connectivity index (χ1n) is 12.7. The molecule has 0 saturated heterocycles. The van der Waals surface area contributed by atoms with E-state index in [1.165, 1.54) is 7.11 Å². The van der Waals surface area contributed by atoms with E-state index in [0.29, 0.717) is 41.9 Å². The van der Waals surface area contributed by atoms with E-state index in [2.05, 4.69) is 25.8 Å². The van der Waals surface area contributed by atoms with Crippen LogP contribution < -0.4 is 10.1 Å². The molecule has 0 aromatic carbocycles. The number of nitrogens with zero attached hydrogens (tertiary/aromatic N) is 6. The van der Waals surface area contributed by atoms with E-state index in [1.807, 2.05) is 26.1 Å². The third kappa shape index (κ3) is 5.42. The van der Waals surface area contributed by atoms with Gasteiger partial charge in [0.1, 0.15) is 11.4 Å². The summed E-state index contributed by atoms with van der Waals surface area (Å²) >= 11 is 0. The largest absolute Gasteiger partial charge is 0.489 e. The van der Waals surface area contributed by atoms with Crippen molar-refractivity contribution in [1.29, 1.82) is 0 Å². The normalized spacial score (nSPS) is 23.4. The number of nitrogens with one attached hydrogen (secondary N) is 1. The predicted octanol–water partition coefficient (Wildman–Crippen LogP) is 3.75. The molecule has 0 spiro atoms. The van der Waals surface area contributed by atoms with Gasteiger partial charge < -0.3 is 19.3 Å². The molecular weight excluding hydrogens is 481 g/mol. The van der Waals surface area contributed by atoms with Crippen LogP contribution in [0.1, 0.15) is 61.7 Å². The number of pyridine rings is 1. The molecule has 0 amide bonds. The summed E-state index contributed by atoms with van der Waals surface area (Å²) in [6.45, 7) is 1.96. The maximum atomic E-state index is 12.7. The molecule has 0 bridgehead atoms. The fourth-order valence-electron chi connectivity index (χ4n) is 5.09. The Morgan fingerprint density at radius 1 is 1.24 bits per heavy atom. The molecule has 3 aromatic heterocycles. The van der Waals surface area contributed by atoms with E-state index >= 15 is 0 Å². The lowest BCUT2D eigenvalue weighted by Crippen LogP contribution is -2.30. The van der Waals surface area contributed by atoms with Gasteiger partial charge in [0.2, 0.25) is 5.89 Å². The number of ether oxygens (including phenoxy) is 2. The Morgan fingerprint density at radius 2 is 2.08 bits per heavy atom. The zero-order valence-electron chi connectivity index (χ0n) is 21.3. The van der Waals surface area contributed by atoms with Crippen molar-refractivity contribution in [2.45, 2.75) is 64.0 Å². The molecule has 12 heteroatoms. The Labute approximate surface area is 214 Å². The van der Waals surface area contributed by atoms with Crippen LogP contribution in [-0.4, -0.2) is 56.0 Å². The number of hydrogen-bond acceptors (Lipinski definition) is 10. The van der Waals surface area contributed by atoms with Gasteiger partial charge in [-0.3, -0.25) is 9.18 Å². The number of alkyl halides is 1. The van der Waals surface area contributed by atoms with Crippen molar-refractivity contribution in [1.82, 2.24) is 30.1 Å². The molecule has 198 valence electrons. The molecule has 2 atom stereocenters. The number of anilines is 1. The summed E-state index contributed by atoms with van der Waals surface area (Å²) in [7, 11) is 3.24. The number of methoxy groups -OCH3 is 1. The third-order valence-corrected chi connectivity index (χ3v) is 7.34. The molecule has 0 aliphatic heterocycles. The molecule has 5 rings (SSSR count). The van der Waals surface area contributed by atoms with E-state index in [1.54, 1.807) is 4.68 Å². The van der Waals surface area contributed by atoms with Crippen LogP contribution in [0.4, 0.5) is 10.3 Å². The summed E-state index contributed by atoms with van der Waals surface area (Å²) < 4.78 is 30.9. The molecule has 37 heavy (non-hydrogen) atoms. The van der Waals surface area contributed by atoms with Crippen LogP contribution in [0.25, 0.3) is 11.4 Å². The van der Waals surface area contributed by atoms with Gasteiger partial charge in [-0.15, -0.1) is 5.10 Å². The minimum absolute atomic E-state index is 0.0527. The average Bonchev–Trinajstić information content (AvgIpc) is 3.49. The van der Waals surface area contributed by atoms with Crippen molar-refractivity contribution >= 4 is 11.9 Å². The van der Waals surface area contributed by atoms with Crippen LogP contribution in [0.3, 0.4) is 0 Å². The van der Waals surface area contributed by atoms with Crippen molar-refractivity contribution in [3.05, 3.63) is 29.4 Å². The second-order valence-electron chi connectivity index (χ2n) is 9.91. The second-order valence-corrected chi connectivity index (χ2v) is 9.91. The number of hydrogen-bond donors (Lipinski definition) is 1. The van der Waals surface area contributed by atoms with Gasteiger partial charge in [0.05, 0.1) is 49.4 Å². The van der Waals surface area contributed by atoms with Gasteiger partial charge in [0.15, 0.2) is 0 Å². The first-order chi connectivity index (χ1) is 17.9. The Bertz CT molecular complexity index is 1240. The van der Waals surface area contributed by atoms with Crippen LogP contribution in [0.15, 0.2) is 16.7 Å². The molecule has 2 fully saturated rings. The number of carbonyl (C=O) groups is 1. The SMILES string of the molecule is COC(=O)[C@H]1CCC[C@H](Oc2ccc(-c3nnn(C)c3CNc3noc(C4CC(CF)C4)n3)nc2C)C1. The number of aromatic nitrogens is 6. The summed E-state index contributed by atoms with van der Waals surface area (Å²) in [6.07, 6.45) is 4.72. The fraction of sp³-hybridized carbons (Fsp3) is 0.600. The van der Waals surface area contributed by atoms with Crippen molar-refractivity contribution < 1.29 is 23.2 Å². The maximum Gasteiger partial charge on any atom is 0.308 e. The monoisotopic (exact) mass is 513 g/mol. The molecule has 2 aliphatic rings. The topological polar surface area (TPSA) is 130 Å². The van der Waals surface area contributed by atoms with Gasteiger partial charge >= 0.3 is 5.97 Å². The minimum atomic E-state index is -0.303. The lowest BCUT2D eigenvalue weighted by Gasteiger charge is -2.30. The van der Waals surface area contributed by atoms with Crippen LogP contribution >= 0.6 is 0 Å². The number of rotatable bonds is 9. The first kappa shape index (κ1) is 25.1. The molecule has 2 aliphatic carbocycles. The van der Waals surface area contributed by atoms with Crippen LogP contribution in [0, 0.1) is 18.8 Å². The van der Waals surface area contributed by atoms with Crippen LogP contribution in [-0.2, 0) is 23.1 Å². The van der Waals surface area contributed by atoms with E-state index < -0.39 is 0 Å². The Balaban J connectivity index is 1.23. The highest BCUT2D eigenvalue weighted by Crippen LogP contribution is 2.41. The van der Waals surface area contributed by atoms with Gasteiger partial charge in [-0.25, -0.2) is 9.67 Å². The van der Waals surface area contributed by atoms with Crippen LogP contribution in [0.5, 0.6) is 5.75 Å². The Hall–Kier alpha value is -3.57. The van der Waals surface area contributed by atoms with Crippen molar-refractivity contribution in [2.24, 2.45) is 18.9 Å². The highest BCUT2D eigenvalue weighted by molar-refractivity contribution is 5.72. The first-order valence-corrected chi connectivity index (χ1v) is 12.7. The number of aryl methyl sites for hydroxylation is 2. The fourth-order valence-corrected chi connectivity index (χ4v) is 5.09. The molecule has 3 aromatic rings. The third-order valence-electron chi connectivity index (χ3n) is 7.34. The van der Waals surface area contributed by atoms with Gasteiger partial charge in [0, 0.05) is 13.0 Å². The summed E-state index contributed by atoms with van der Waals surface area (Å²) in [5.74, 6) is 1.54. The van der Waals surface area contributed by atoms with Gasteiger partial charge in [-0.05, 0) is 68.7 Å². The zero-order valence-corrected chi connectivity index (χ0v) is 21.3. The lowest BCUT2D eigenvalue weighted by atomic mass is 9.75. The smallest absolute Gasteiger partial charge is 0.308 e. The molecule has 11 nitrogen and oxygen atoms in total. The molecular formula is C25H32FN7O4. The quantitative estimate of drug-likeness (QED) is 0.422. The highest BCUT2D eigenvalue weighted by Gasteiger charge is 2.34. The standard InChI is InChI=1S/C25H32FN7O4/c1-14-21(36-18-6-4-5-16(11-18)24(34)35-3)8-7-19(28-14)22-20(33(2)32-30-22)13-27-25-29-23(37-31-25)17-9-15(10-17)12-26/h7-8,15-18H,4-6,9-13H2,1-3H3,(H,27,31)/t15?,16-,17?,18-/m0/s1. The van der Waals surface area contributed by atoms with E-state index in [9.17, 15) is 9.18 Å². The maximum absolute atomic E-state index is 12.7. The average molecular weight is 514 g/mol. The Morgan fingerprint density at radius 3 is 2.84 bits per heavy atom. The number of halogens is 1.